The Hall–Kier alpha value is -0.0600. The van der Waals surface area contributed by atoms with E-state index in [2.05, 4.69) is 78.5 Å². The number of rotatable bonds is 2. The van der Waals surface area contributed by atoms with Gasteiger partial charge in [-0.05, 0) is 58.0 Å². The van der Waals surface area contributed by atoms with Crippen molar-refractivity contribution in [3.05, 3.63) is 25.6 Å². The van der Waals surface area contributed by atoms with Crippen LogP contribution >= 0.6 is 47.8 Å². The molecule has 0 saturated carbocycles. The van der Waals surface area contributed by atoms with Gasteiger partial charge >= 0.3 is 0 Å². The first-order valence-corrected chi connectivity index (χ1v) is 9.81. The quantitative estimate of drug-likeness (QED) is 0.598. The first-order valence-electron chi connectivity index (χ1n) is 7.43. The zero-order chi connectivity index (χ0) is 17.2. The first kappa shape index (κ1) is 19.3. The van der Waals surface area contributed by atoms with Crippen molar-refractivity contribution in [2.24, 2.45) is 5.92 Å². The highest BCUT2D eigenvalue weighted by atomic mass is 79.9. The van der Waals surface area contributed by atoms with Crippen LogP contribution in [0.25, 0.3) is 0 Å². The molecule has 1 fully saturated rings. The van der Waals surface area contributed by atoms with Gasteiger partial charge in [-0.2, -0.15) is 0 Å². The SMILES string of the molecule is CC1CC(O)(C#CCOc2c(Br)cc(Br)cc2Br)C(C)CN1C. The van der Waals surface area contributed by atoms with E-state index in [0.717, 1.165) is 20.0 Å². The lowest BCUT2D eigenvalue weighted by atomic mass is 9.80. The number of hydrogen-bond donors (Lipinski definition) is 1. The minimum atomic E-state index is -0.941. The van der Waals surface area contributed by atoms with E-state index in [1.165, 1.54) is 0 Å². The van der Waals surface area contributed by atoms with Crippen LogP contribution in [0.2, 0.25) is 0 Å². The molecule has 6 heteroatoms. The van der Waals surface area contributed by atoms with Gasteiger partial charge in [-0.15, -0.1) is 0 Å². The Morgan fingerprint density at radius 2 is 1.91 bits per heavy atom. The molecule has 0 bridgehead atoms. The molecule has 0 aliphatic carbocycles. The summed E-state index contributed by atoms with van der Waals surface area (Å²) < 4.78 is 8.38. The van der Waals surface area contributed by atoms with Gasteiger partial charge in [0.2, 0.25) is 0 Å². The third-order valence-corrected chi connectivity index (χ3v) is 5.93. The Balaban J connectivity index is 2.03. The molecule has 0 amide bonds. The second-order valence-electron chi connectivity index (χ2n) is 6.11. The Bertz CT molecular complexity index is 617. The molecule has 0 radical (unpaired) electrons. The molecule has 1 aromatic carbocycles. The fraction of sp³-hybridized carbons (Fsp3) is 0.529. The topological polar surface area (TPSA) is 32.7 Å². The average Bonchev–Trinajstić information content (AvgIpc) is 2.43. The third-order valence-electron chi connectivity index (χ3n) is 4.29. The van der Waals surface area contributed by atoms with E-state index in [1.54, 1.807) is 0 Å². The molecule has 23 heavy (non-hydrogen) atoms. The van der Waals surface area contributed by atoms with Crippen LogP contribution in [-0.2, 0) is 0 Å². The van der Waals surface area contributed by atoms with Crippen LogP contribution in [0, 0.1) is 17.8 Å². The summed E-state index contributed by atoms with van der Waals surface area (Å²) in [5.41, 5.74) is -0.941. The number of nitrogens with zero attached hydrogens (tertiary/aromatic N) is 1. The fourth-order valence-electron chi connectivity index (χ4n) is 2.71. The molecule has 2 rings (SSSR count). The number of benzene rings is 1. The van der Waals surface area contributed by atoms with E-state index in [4.69, 9.17) is 4.74 Å². The average molecular weight is 510 g/mol. The van der Waals surface area contributed by atoms with Crippen molar-refractivity contribution in [2.45, 2.75) is 31.9 Å². The van der Waals surface area contributed by atoms with Crippen LogP contribution in [-0.4, -0.2) is 41.8 Å². The molecular formula is C17H20Br3NO2. The maximum absolute atomic E-state index is 10.8. The highest BCUT2D eigenvalue weighted by Crippen LogP contribution is 2.36. The predicted octanol–water partition coefficient (Wildman–Crippen LogP) is 4.45. The van der Waals surface area contributed by atoms with Crippen molar-refractivity contribution >= 4 is 47.8 Å². The van der Waals surface area contributed by atoms with Crippen LogP contribution in [0.4, 0.5) is 0 Å². The molecule has 3 nitrogen and oxygen atoms in total. The normalized spacial score (nSPS) is 28.1. The molecular weight excluding hydrogens is 490 g/mol. The summed E-state index contributed by atoms with van der Waals surface area (Å²) in [6.45, 7) is 5.24. The summed E-state index contributed by atoms with van der Waals surface area (Å²) in [4.78, 5) is 2.26. The maximum atomic E-state index is 10.8. The van der Waals surface area contributed by atoms with Crippen molar-refractivity contribution in [1.29, 1.82) is 0 Å². The van der Waals surface area contributed by atoms with Crippen molar-refractivity contribution < 1.29 is 9.84 Å². The second-order valence-corrected chi connectivity index (χ2v) is 8.73. The van der Waals surface area contributed by atoms with Gasteiger partial charge in [-0.25, -0.2) is 0 Å². The minimum Gasteiger partial charge on any atom is -0.479 e. The molecule has 1 N–H and O–H groups in total. The molecule has 1 aromatic rings. The smallest absolute Gasteiger partial charge is 0.149 e. The van der Waals surface area contributed by atoms with Crippen LogP contribution in [0.3, 0.4) is 0 Å². The first-order chi connectivity index (χ1) is 10.7. The number of halogens is 3. The van der Waals surface area contributed by atoms with Gasteiger partial charge in [0.15, 0.2) is 0 Å². The Labute approximate surface area is 163 Å². The standard InChI is InChI=1S/C17H20Br3NO2/c1-11-10-21(3)12(2)9-17(11,22)5-4-6-23-16-14(19)7-13(18)8-15(16)20/h7-8,11-12,22H,6,9-10H2,1-3H3. The van der Waals surface area contributed by atoms with Gasteiger partial charge < -0.3 is 14.7 Å². The van der Waals surface area contributed by atoms with Crippen LogP contribution < -0.4 is 4.74 Å². The molecule has 3 unspecified atom stereocenters. The molecule has 1 saturated heterocycles. The van der Waals surface area contributed by atoms with Gasteiger partial charge in [0.25, 0.3) is 0 Å². The second kappa shape index (κ2) is 7.88. The summed E-state index contributed by atoms with van der Waals surface area (Å²) in [6, 6.07) is 4.16. The number of ether oxygens (including phenoxy) is 1. The van der Waals surface area contributed by atoms with Gasteiger partial charge in [0.05, 0.1) is 8.95 Å². The van der Waals surface area contributed by atoms with Crippen molar-refractivity contribution in [2.75, 3.05) is 20.2 Å². The molecule has 3 atom stereocenters. The van der Waals surface area contributed by atoms with Crippen LogP contribution in [0.15, 0.2) is 25.6 Å². The zero-order valence-corrected chi connectivity index (χ0v) is 18.1. The van der Waals surface area contributed by atoms with Crippen LogP contribution in [0.1, 0.15) is 20.3 Å². The van der Waals surface area contributed by atoms with E-state index in [9.17, 15) is 5.11 Å². The summed E-state index contributed by atoms with van der Waals surface area (Å²) in [5.74, 6) is 6.84. The monoisotopic (exact) mass is 507 g/mol. The third kappa shape index (κ3) is 4.73. The number of likely N-dealkylation sites (tertiary alicyclic amines) is 1. The van der Waals surface area contributed by atoms with Gasteiger partial charge in [0.1, 0.15) is 18.0 Å². The molecule has 0 aromatic heterocycles. The highest BCUT2D eigenvalue weighted by Gasteiger charge is 2.39. The molecule has 1 heterocycles. The van der Waals surface area contributed by atoms with Gasteiger partial charge in [-0.3, -0.25) is 0 Å². The van der Waals surface area contributed by atoms with Crippen molar-refractivity contribution in [3.63, 3.8) is 0 Å². The summed E-state index contributed by atoms with van der Waals surface area (Å²) >= 11 is 10.4. The Morgan fingerprint density at radius 1 is 1.30 bits per heavy atom. The fourth-order valence-corrected chi connectivity index (χ4v) is 5.20. The molecule has 1 aliphatic rings. The maximum Gasteiger partial charge on any atom is 0.149 e. The van der Waals surface area contributed by atoms with Crippen LogP contribution in [0.5, 0.6) is 5.75 Å². The summed E-state index contributed by atoms with van der Waals surface area (Å²) in [6.07, 6.45) is 0.656. The summed E-state index contributed by atoms with van der Waals surface area (Å²) in [5, 5.41) is 10.8. The van der Waals surface area contributed by atoms with E-state index < -0.39 is 5.60 Å². The van der Waals surface area contributed by atoms with Crippen molar-refractivity contribution in [1.82, 2.24) is 4.90 Å². The largest absolute Gasteiger partial charge is 0.479 e. The van der Waals surface area contributed by atoms with E-state index in [1.807, 2.05) is 19.1 Å². The highest BCUT2D eigenvalue weighted by molar-refractivity contribution is 9.11. The number of aliphatic hydroxyl groups is 1. The Morgan fingerprint density at radius 3 is 2.52 bits per heavy atom. The lowest BCUT2D eigenvalue weighted by Gasteiger charge is -2.42. The lowest BCUT2D eigenvalue weighted by Crippen LogP contribution is -2.52. The predicted molar refractivity (Wildman–Crippen MR) is 104 cm³/mol. The van der Waals surface area contributed by atoms with Crippen molar-refractivity contribution in [3.8, 4) is 17.6 Å². The number of hydrogen-bond acceptors (Lipinski definition) is 3. The summed E-state index contributed by atoms with van der Waals surface area (Å²) in [7, 11) is 2.08. The minimum absolute atomic E-state index is 0.113. The molecule has 126 valence electrons. The lowest BCUT2D eigenvalue weighted by molar-refractivity contribution is -0.0348. The van der Waals surface area contributed by atoms with E-state index in [0.29, 0.717) is 18.2 Å². The number of piperidine rings is 1. The van der Waals surface area contributed by atoms with Gasteiger partial charge in [0, 0.05) is 29.4 Å². The van der Waals surface area contributed by atoms with E-state index >= 15 is 0 Å². The molecule has 1 aliphatic heterocycles. The Kier molecular flexibility index (Phi) is 6.60. The molecule has 0 spiro atoms. The zero-order valence-electron chi connectivity index (χ0n) is 13.4. The van der Waals surface area contributed by atoms with E-state index in [-0.39, 0.29) is 12.5 Å². The van der Waals surface area contributed by atoms with Gasteiger partial charge in [-0.1, -0.05) is 34.7 Å².